The molecule has 2 aromatic heterocycles. The smallest absolute Gasteiger partial charge is 0.326 e. The number of hydrogen-bond donors (Lipinski definition) is 1. The van der Waals surface area contributed by atoms with Crippen LogP contribution in [0.3, 0.4) is 0 Å². The van der Waals surface area contributed by atoms with Crippen molar-refractivity contribution in [3.8, 4) is 0 Å². The van der Waals surface area contributed by atoms with Gasteiger partial charge in [-0.05, 0) is 48.6 Å². The zero-order valence-electron chi connectivity index (χ0n) is 23.8. The average Bonchev–Trinajstić information content (AvgIpc) is 3.65. The second-order valence-electron chi connectivity index (χ2n) is 12.7. The Morgan fingerprint density at radius 3 is 2.71 bits per heavy atom. The van der Waals surface area contributed by atoms with Gasteiger partial charge in [-0.2, -0.15) is 0 Å². The van der Waals surface area contributed by atoms with Gasteiger partial charge in [0.2, 0.25) is 5.91 Å². The molecule has 3 aliphatic heterocycles. The summed E-state index contributed by atoms with van der Waals surface area (Å²) in [6.07, 6.45) is 6.56. The van der Waals surface area contributed by atoms with Crippen molar-refractivity contribution in [2.24, 2.45) is 4.99 Å². The maximum atomic E-state index is 13.8. The zero-order chi connectivity index (χ0) is 28.5. The number of likely N-dealkylation sites (tertiary alicyclic amines) is 1. The highest BCUT2D eigenvalue weighted by atomic mass is 35.5. The van der Waals surface area contributed by atoms with Gasteiger partial charge >= 0.3 is 5.69 Å². The summed E-state index contributed by atoms with van der Waals surface area (Å²) in [5.74, 6) is 1.06. The van der Waals surface area contributed by atoms with Crippen molar-refractivity contribution in [2.45, 2.75) is 76.9 Å². The number of aromatic amines is 1. The largest absolute Gasteiger partial charge is 0.343 e. The highest BCUT2D eigenvalue weighted by Gasteiger charge is 2.34. The van der Waals surface area contributed by atoms with Crippen molar-refractivity contribution in [3.63, 3.8) is 0 Å². The van der Waals surface area contributed by atoms with Gasteiger partial charge in [0.05, 0.1) is 17.6 Å². The van der Waals surface area contributed by atoms with E-state index in [1.165, 1.54) is 16.8 Å². The maximum absolute atomic E-state index is 13.8. The van der Waals surface area contributed by atoms with Crippen LogP contribution in [0.4, 0.5) is 0 Å². The molecule has 1 amide bonds. The number of nitrogens with zero attached hydrogens (tertiary/aromatic N) is 5. The van der Waals surface area contributed by atoms with Crippen molar-refractivity contribution < 1.29 is 4.79 Å². The summed E-state index contributed by atoms with van der Waals surface area (Å²) < 4.78 is 4.20. The number of nitrogens with one attached hydrogen (secondary N) is 1. The monoisotopic (exact) mass is 570 g/mol. The second kappa shape index (κ2) is 9.72. The van der Waals surface area contributed by atoms with E-state index < -0.39 is 0 Å². The van der Waals surface area contributed by atoms with Crippen LogP contribution in [0.2, 0.25) is 5.02 Å². The Hall–Kier alpha value is -3.65. The molecule has 3 aliphatic rings. The molecule has 1 atom stereocenters. The van der Waals surface area contributed by atoms with Crippen molar-refractivity contribution in [2.75, 3.05) is 13.1 Å². The fourth-order valence-electron chi connectivity index (χ4n) is 7.03. The fourth-order valence-corrected chi connectivity index (χ4v) is 7.33. The molecule has 0 aliphatic carbocycles. The zero-order valence-corrected chi connectivity index (χ0v) is 24.5. The topological polar surface area (TPSA) is 88.3 Å². The number of fused-ring (bicyclic) bond motifs is 5. The second-order valence-corrected chi connectivity index (χ2v) is 13.1. The Balaban J connectivity index is 1.15. The summed E-state index contributed by atoms with van der Waals surface area (Å²) in [5.41, 5.74) is 7.44. The predicted octanol–water partition coefficient (Wildman–Crippen LogP) is 5.35. The molecule has 41 heavy (non-hydrogen) atoms. The number of amides is 1. The normalized spacial score (nSPS) is 18.8. The van der Waals surface area contributed by atoms with E-state index in [0.29, 0.717) is 39.0 Å². The quantitative estimate of drug-likeness (QED) is 0.360. The number of aromatic nitrogens is 4. The Labute approximate surface area is 244 Å². The molecule has 212 valence electrons. The van der Waals surface area contributed by atoms with Crippen molar-refractivity contribution in [1.29, 1.82) is 0 Å². The first-order valence-corrected chi connectivity index (χ1v) is 14.9. The van der Waals surface area contributed by atoms with Crippen LogP contribution in [0.25, 0.3) is 11.0 Å². The third kappa shape index (κ3) is 4.43. The summed E-state index contributed by atoms with van der Waals surface area (Å²) in [7, 11) is 0. The lowest BCUT2D eigenvalue weighted by Gasteiger charge is -2.33. The van der Waals surface area contributed by atoms with Crippen molar-refractivity contribution >= 4 is 34.8 Å². The summed E-state index contributed by atoms with van der Waals surface area (Å²) in [6.45, 7) is 9.22. The van der Waals surface area contributed by atoms with E-state index in [2.05, 4.69) is 41.4 Å². The highest BCUT2D eigenvalue weighted by molar-refractivity contribution is 6.32. The minimum Gasteiger partial charge on any atom is -0.343 e. The van der Waals surface area contributed by atoms with E-state index in [0.717, 1.165) is 45.8 Å². The summed E-state index contributed by atoms with van der Waals surface area (Å²) >= 11 is 6.72. The number of rotatable bonds is 3. The van der Waals surface area contributed by atoms with Crippen LogP contribution < -0.4 is 5.69 Å². The van der Waals surface area contributed by atoms with Crippen LogP contribution in [-0.4, -0.2) is 49.2 Å². The predicted molar refractivity (Wildman–Crippen MR) is 161 cm³/mol. The number of hydrogen-bond acceptors (Lipinski definition) is 4. The Kier molecular flexibility index (Phi) is 6.23. The van der Waals surface area contributed by atoms with E-state index in [1.807, 2.05) is 46.1 Å². The number of carbonyl (C=O) groups excluding carboxylic acids is 1. The van der Waals surface area contributed by atoms with Gasteiger partial charge in [0.25, 0.3) is 0 Å². The number of para-hydroxylation sites is 2. The number of piperidine rings is 1. The fraction of sp³-hybridized carbons (Fsp3) is 0.438. The van der Waals surface area contributed by atoms with Crippen LogP contribution in [-0.2, 0) is 29.7 Å². The minimum absolute atomic E-state index is 0.0544. The molecule has 0 unspecified atom stereocenters. The number of benzene rings is 2. The van der Waals surface area contributed by atoms with E-state index in [1.54, 1.807) is 0 Å². The SMILES string of the molecule is CC(C)(C)c1cnc2n1Cc1c(cc(Cl)c3c1C=NC3)C[C@H]2CC(=O)N1CCC(n2c(=O)[nH]c3ccccc32)CC1. The molecule has 0 bridgehead atoms. The molecule has 0 radical (unpaired) electrons. The first kappa shape index (κ1) is 26.3. The van der Waals surface area contributed by atoms with Crippen LogP contribution in [0.1, 0.15) is 85.8 Å². The first-order chi connectivity index (χ1) is 19.7. The molecule has 2 aromatic carbocycles. The lowest BCUT2D eigenvalue weighted by atomic mass is 9.90. The lowest BCUT2D eigenvalue weighted by molar-refractivity contribution is -0.133. The van der Waals surface area contributed by atoms with E-state index >= 15 is 0 Å². The lowest BCUT2D eigenvalue weighted by Crippen LogP contribution is -2.41. The van der Waals surface area contributed by atoms with Gasteiger partial charge in [0.1, 0.15) is 5.82 Å². The molecule has 1 fully saturated rings. The molecule has 4 aromatic rings. The summed E-state index contributed by atoms with van der Waals surface area (Å²) in [5, 5.41) is 0.756. The van der Waals surface area contributed by atoms with Gasteiger partial charge in [-0.25, -0.2) is 9.78 Å². The van der Waals surface area contributed by atoms with Gasteiger partial charge in [-0.3, -0.25) is 14.4 Å². The molecular formula is C32H35ClN6O2. The average molecular weight is 571 g/mol. The molecule has 0 saturated carbocycles. The van der Waals surface area contributed by atoms with E-state index in [4.69, 9.17) is 16.6 Å². The van der Waals surface area contributed by atoms with Gasteiger partial charge in [0.15, 0.2) is 0 Å². The van der Waals surface area contributed by atoms with Gasteiger partial charge in [-0.1, -0.05) is 44.5 Å². The summed E-state index contributed by atoms with van der Waals surface area (Å²) in [4.78, 5) is 40.9. The van der Waals surface area contributed by atoms with Crippen molar-refractivity contribution in [1.82, 2.24) is 24.0 Å². The molecule has 1 N–H and O–H groups in total. The van der Waals surface area contributed by atoms with Gasteiger partial charge in [-0.15, -0.1) is 0 Å². The summed E-state index contributed by atoms with van der Waals surface area (Å²) in [6, 6.07) is 9.97. The van der Waals surface area contributed by atoms with E-state index in [-0.39, 0.29) is 29.0 Å². The molecule has 9 heteroatoms. The number of H-pyrrole nitrogens is 1. The Bertz CT molecular complexity index is 1760. The van der Waals surface area contributed by atoms with Crippen LogP contribution in [0, 0.1) is 0 Å². The molecule has 8 nitrogen and oxygen atoms in total. The molecule has 7 rings (SSSR count). The van der Waals surface area contributed by atoms with Gasteiger partial charge in [0, 0.05) is 77.7 Å². The van der Waals surface area contributed by atoms with Crippen molar-refractivity contribution in [3.05, 3.63) is 85.8 Å². The number of imidazole rings is 2. The first-order valence-electron chi connectivity index (χ1n) is 14.5. The third-order valence-corrected chi connectivity index (χ3v) is 9.46. The minimum atomic E-state index is -0.0869. The highest BCUT2D eigenvalue weighted by Crippen LogP contribution is 2.39. The third-order valence-electron chi connectivity index (χ3n) is 9.13. The number of halogens is 1. The number of carbonyl (C=O) groups is 1. The molecular weight excluding hydrogens is 536 g/mol. The molecule has 1 saturated heterocycles. The maximum Gasteiger partial charge on any atom is 0.326 e. The Morgan fingerprint density at radius 2 is 1.93 bits per heavy atom. The van der Waals surface area contributed by atoms with E-state index in [9.17, 15) is 9.59 Å². The van der Waals surface area contributed by atoms with Crippen LogP contribution >= 0.6 is 11.6 Å². The van der Waals surface area contributed by atoms with Gasteiger partial charge < -0.3 is 14.5 Å². The number of aliphatic imine (C=N–C) groups is 1. The molecule has 0 spiro atoms. The van der Waals surface area contributed by atoms with Crippen LogP contribution in [0.5, 0.6) is 0 Å². The standard InChI is InChI=1S/C32H35ClN6O2/c1-32(2,3)28-17-35-30-20(12-19-13-25(33)23-16-34-15-22(23)24(19)18-38(28)30)14-29(40)37-10-8-21(9-11-37)39-27-7-5-4-6-26(27)36-31(39)41/h4-7,13,15,17,20-21H,8-12,14,16,18H2,1-3H3,(H,36,41)/t20-/m0/s1. The van der Waals surface area contributed by atoms with Crippen LogP contribution in [0.15, 0.2) is 46.3 Å². The molecule has 5 heterocycles. The Morgan fingerprint density at radius 1 is 1.15 bits per heavy atom.